The minimum atomic E-state index is 0.403. The van der Waals surface area contributed by atoms with Crippen molar-refractivity contribution in [2.45, 2.75) is 31.2 Å². The number of morpholine rings is 1. The van der Waals surface area contributed by atoms with E-state index in [1.807, 2.05) is 0 Å². The van der Waals surface area contributed by atoms with Crippen molar-refractivity contribution in [3.63, 3.8) is 0 Å². The van der Waals surface area contributed by atoms with Gasteiger partial charge in [-0.25, -0.2) is 5.84 Å². The van der Waals surface area contributed by atoms with Gasteiger partial charge >= 0.3 is 0 Å². The molecule has 0 aromatic carbocycles. The van der Waals surface area contributed by atoms with Crippen LogP contribution in [-0.2, 0) is 4.74 Å². The molecule has 1 aliphatic rings. The number of hydrazine groups is 1. The van der Waals surface area contributed by atoms with Crippen LogP contribution in [0.5, 0.6) is 0 Å². The second-order valence-electron chi connectivity index (χ2n) is 5.05. The molecule has 2 rings (SSSR count). The highest BCUT2D eigenvalue weighted by molar-refractivity contribution is 7.99. The largest absolute Gasteiger partial charge is 0.378 e. The lowest BCUT2D eigenvalue weighted by Gasteiger charge is -2.27. The average Bonchev–Trinajstić information content (AvgIpc) is 2.47. The molecule has 0 aliphatic carbocycles. The summed E-state index contributed by atoms with van der Waals surface area (Å²) in [7, 11) is 0. The lowest BCUT2D eigenvalue weighted by atomic mass is 10.2. The number of hydrogen-bond donors (Lipinski definition) is 2. The summed E-state index contributed by atoms with van der Waals surface area (Å²) in [5, 5.41) is 1.14. The van der Waals surface area contributed by atoms with Crippen molar-refractivity contribution in [2.24, 2.45) is 11.8 Å². The molecule has 20 heavy (non-hydrogen) atoms. The van der Waals surface area contributed by atoms with Gasteiger partial charge in [0.1, 0.15) is 0 Å². The van der Waals surface area contributed by atoms with Crippen LogP contribution in [0.1, 0.15) is 20.8 Å². The number of rotatable bonds is 5. The van der Waals surface area contributed by atoms with E-state index >= 15 is 0 Å². The Labute approximate surface area is 123 Å². The van der Waals surface area contributed by atoms with Gasteiger partial charge in [-0.3, -0.25) is 5.43 Å². The highest BCUT2D eigenvalue weighted by atomic mass is 32.2. The number of nitrogens with two attached hydrogens (primary N) is 1. The van der Waals surface area contributed by atoms with E-state index in [4.69, 9.17) is 10.6 Å². The number of aromatic nitrogens is 3. The Balaban J connectivity index is 2.19. The maximum atomic E-state index is 5.45. The SMILES string of the molecule is CC(C)C(C)Sc1nc(NN)nc(N2CCOCC2)n1. The van der Waals surface area contributed by atoms with Crippen LogP contribution in [0.4, 0.5) is 11.9 Å². The first-order valence-corrected chi connectivity index (χ1v) is 7.70. The quantitative estimate of drug-likeness (QED) is 0.475. The molecule has 1 aromatic rings. The molecule has 0 radical (unpaired) electrons. The molecule has 1 aliphatic heterocycles. The Morgan fingerprint density at radius 1 is 1.20 bits per heavy atom. The number of anilines is 2. The van der Waals surface area contributed by atoms with Gasteiger partial charge in [-0.1, -0.05) is 32.5 Å². The molecule has 0 spiro atoms. The number of nitrogens with one attached hydrogen (secondary N) is 1. The summed E-state index contributed by atoms with van der Waals surface area (Å²) < 4.78 is 5.35. The van der Waals surface area contributed by atoms with Crippen molar-refractivity contribution in [3.05, 3.63) is 0 Å². The number of nitrogens with zero attached hydrogens (tertiary/aromatic N) is 4. The maximum absolute atomic E-state index is 5.45. The molecule has 7 nitrogen and oxygen atoms in total. The molecule has 1 saturated heterocycles. The summed E-state index contributed by atoms with van der Waals surface area (Å²) in [6.07, 6.45) is 0. The zero-order valence-electron chi connectivity index (χ0n) is 12.2. The van der Waals surface area contributed by atoms with E-state index in [1.165, 1.54) is 0 Å². The minimum Gasteiger partial charge on any atom is -0.378 e. The van der Waals surface area contributed by atoms with E-state index in [-0.39, 0.29) is 0 Å². The lowest BCUT2D eigenvalue weighted by molar-refractivity contribution is 0.122. The number of nitrogen functional groups attached to an aromatic ring is 1. The zero-order valence-corrected chi connectivity index (χ0v) is 13.0. The Morgan fingerprint density at radius 3 is 2.50 bits per heavy atom. The van der Waals surface area contributed by atoms with Gasteiger partial charge in [0.15, 0.2) is 5.16 Å². The van der Waals surface area contributed by atoms with Gasteiger partial charge in [0, 0.05) is 18.3 Å². The third-order valence-corrected chi connectivity index (χ3v) is 4.57. The van der Waals surface area contributed by atoms with Crippen LogP contribution in [0.25, 0.3) is 0 Å². The van der Waals surface area contributed by atoms with E-state index in [0.717, 1.165) is 13.1 Å². The summed E-state index contributed by atoms with van der Waals surface area (Å²) in [5.74, 6) is 7.07. The molecule has 112 valence electrons. The number of thioether (sulfide) groups is 1. The van der Waals surface area contributed by atoms with Crippen molar-refractivity contribution >= 4 is 23.7 Å². The second-order valence-corrected chi connectivity index (χ2v) is 6.40. The van der Waals surface area contributed by atoms with Crippen LogP contribution in [-0.4, -0.2) is 46.5 Å². The van der Waals surface area contributed by atoms with Crippen molar-refractivity contribution < 1.29 is 4.74 Å². The van der Waals surface area contributed by atoms with Crippen molar-refractivity contribution in [1.29, 1.82) is 0 Å². The highest BCUT2D eigenvalue weighted by Gasteiger charge is 2.18. The molecule has 2 heterocycles. The molecule has 3 N–H and O–H groups in total. The van der Waals surface area contributed by atoms with Gasteiger partial charge in [-0.2, -0.15) is 15.0 Å². The fourth-order valence-corrected chi connectivity index (χ4v) is 2.55. The van der Waals surface area contributed by atoms with Gasteiger partial charge in [0.2, 0.25) is 11.9 Å². The van der Waals surface area contributed by atoms with E-state index < -0.39 is 0 Å². The third kappa shape index (κ3) is 3.94. The van der Waals surface area contributed by atoms with Gasteiger partial charge in [0.25, 0.3) is 0 Å². The standard InChI is InChI=1S/C12H22N6OS/c1-8(2)9(3)20-12-15-10(17-13)14-11(16-12)18-4-6-19-7-5-18/h8-9H,4-7,13H2,1-3H3,(H,14,15,16,17). The maximum Gasteiger partial charge on any atom is 0.242 e. The molecule has 1 atom stereocenters. The third-order valence-electron chi connectivity index (χ3n) is 3.26. The smallest absolute Gasteiger partial charge is 0.242 e. The molecular weight excluding hydrogens is 276 g/mol. The van der Waals surface area contributed by atoms with Gasteiger partial charge < -0.3 is 9.64 Å². The van der Waals surface area contributed by atoms with Crippen LogP contribution >= 0.6 is 11.8 Å². The Bertz CT molecular complexity index is 438. The molecule has 0 saturated carbocycles. The van der Waals surface area contributed by atoms with Crippen LogP contribution < -0.4 is 16.2 Å². The molecular formula is C12H22N6OS. The molecule has 0 amide bonds. The van der Waals surface area contributed by atoms with Crippen LogP contribution in [0.3, 0.4) is 0 Å². The van der Waals surface area contributed by atoms with Crippen molar-refractivity contribution in [2.75, 3.05) is 36.6 Å². The number of ether oxygens (including phenoxy) is 1. The van der Waals surface area contributed by atoms with Gasteiger partial charge in [-0.15, -0.1) is 0 Å². The summed E-state index contributed by atoms with van der Waals surface area (Å²) in [6.45, 7) is 9.51. The first-order chi connectivity index (χ1) is 9.60. The second kappa shape index (κ2) is 7.05. The first kappa shape index (κ1) is 15.3. The van der Waals surface area contributed by atoms with E-state index in [2.05, 4.69) is 46.0 Å². The predicted octanol–water partition coefficient (Wildman–Crippen LogP) is 1.13. The Hall–Kier alpha value is -1.12. The topological polar surface area (TPSA) is 89.2 Å². The fraction of sp³-hybridized carbons (Fsp3) is 0.750. The van der Waals surface area contributed by atoms with E-state index in [9.17, 15) is 0 Å². The first-order valence-electron chi connectivity index (χ1n) is 6.82. The van der Waals surface area contributed by atoms with Crippen LogP contribution in [0, 0.1) is 5.92 Å². The molecule has 1 unspecified atom stereocenters. The van der Waals surface area contributed by atoms with E-state index in [0.29, 0.717) is 41.4 Å². The lowest BCUT2D eigenvalue weighted by Crippen LogP contribution is -2.37. The Morgan fingerprint density at radius 2 is 1.90 bits per heavy atom. The average molecular weight is 298 g/mol. The fourth-order valence-electron chi connectivity index (χ4n) is 1.67. The number of hydrogen-bond acceptors (Lipinski definition) is 8. The molecule has 1 aromatic heterocycles. The molecule has 0 bridgehead atoms. The van der Waals surface area contributed by atoms with Crippen molar-refractivity contribution in [3.8, 4) is 0 Å². The summed E-state index contributed by atoms with van der Waals surface area (Å²) >= 11 is 1.64. The van der Waals surface area contributed by atoms with Gasteiger partial charge in [-0.05, 0) is 5.92 Å². The highest BCUT2D eigenvalue weighted by Crippen LogP contribution is 2.26. The van der Waals surface area contributed by atoms with Crippen molar-refractivity contribution in [1.82, 2.24) is 15.0 Å². The monoisotopic (exact) mass is 298 g/mol. The van der Waals surface area contributed by atoms with E-state index in [1.54, 1.807) is 11.8 Å². The zero-order chi connectivity index (χ0) is 14.5. The van der Waals surface area contributed by atoms with Gasteiger partial charge in [0.05, 0.1) is 13.2 Å². The molecule has 1 fully saturated rings. The van der Waals surface area contributed by atoms with Crippen LogP contribution in [0.2, 0.25) is 0 Å². The van der Waals surface area contributed by atoms with Crippen LogP contribution in [0.15, 0.2) is 5.16 Å². The normalized spacial score (nSPS) is 17.4. The summed E-state index contributed by atoms with van der Waals surface area (Å²) in [5.41, 5.74) is 2.52. The minimum absolute atomic E-state index is 0.403. The molecule has 8 heteroatoms. The predicted molar refractivity (Wildman–Crippen MR) is 80.8 cm³/mol. The Kier molecular flexibility index (Phi) is 5.38. The summed E-state index contributed by atoms with van der Waals surface area (Å²) in [4.78, 5) is 15.3. The summed E-state index contributed by atoms with van der Waals surface area (Å²) in [6, 6.07) is 0.